The average Bonchev–Trinajstić information content (AvgIpc) is 2.69. The van der Waals surface area contributed by atoms with Gasteiger partial charge in [0.1, 0.15) is 5.75 Å². The zero-order chi connectivity index (χ0) is 13.8. The van der Waals surface area contributed by atoms with Gasteiger partial charge >= 0.3 is 0 Å². The fourth-order valence-corrected chi connectivity index (χ4v) is 2.63. The third kappa shape index (κ3) is 3.54. The second-order valence-electron chi connectivity index (χ2n) is 3.92. The van der Waals surface area contributed by atoms with E-state index in [0.717, 1.165) is 26.6 Å². The van der Waals surface area contributed by atoms with E-state index in [1.807, 2.05) is 32.0 Å². The molecule has 0 saturated carbocycles. The van der Waals surface area contributed by atoms with Gasteiger partial charge < -0.3 is 4.74 Å². The summed E-state index contributed by atoms with van der Waals surface area (Å²) in [6.07, 6.45) is 1.72. The van der Waals surface area contributed by atoms with E-state index in [4.69, 9.17) is 4.74 Å². The monoisotopic (exact) mass is 339 g/mol. The van der Waals surface area contributed by atoms with Gasteiger partial charge in [-0.2, -0.15) is 5.10 Å². The van der Waals surface area contributed by atoms with Crippen molar-refractivity contribution in [3.05, 3.63) is 38.8 Å². The highest BCUT2D eigenvalue weighted by Gasteiger charge is 2.03. The van der Waals surface area contributed by atoms with Gasteiger partial charge in [0.25, 0.3) is 0 Å². The summed E-state index contributed by atoms with van der Waals surface area (Å²) in [5, 5.41) is 4.98. The molecule has 1 heterocycles. The molecule has 0 radical (unpaired) electrons. The van der Waals surface area contributed by atoms with Gasteiger partial charge in [-0.25, -0.2) is 4.98 Å². The molecule has 0 aliphatic carbocycles. The Morgan fingerprint density at radius 2 is 2.21 bits per heavy atom. The van der Waals surface area contributed by atoms with E-state index in [-0.39, 0.29) is 0 Å². The van der Waals surface area contributed by atoms with Crippen molar-refractivity contribution in [2.45, 2.75) is 13.8 Å². The maximum atomic E-state index is 5.27. The standard InChI is InChI=1S/C13H14BrN3OS/c1-8-9(2)19-13(16-8)17-15-7-10-6-11(14)4-5-12(10)18-3/h4-7H,1-3H3,(H,16,17)/b15-7-. The summed E-state index contributed by atoms with van der Waals surface area (Å²) in [6, 6.07) is 5.77. The summed E-state index contributed by atoms with van der Waals surface area (Å²) in [6.45, 7) is 4.03. The molecular weight excluding hydrogens is 326 g/mol. The molecule has 1 aromatic carbocycles. The first-order chi connectivity index (χ1) is 9.10. The van der Waals surface area contributed by atoms with Crippen LogP contribution in [0.3, 0.4) is 0 Å². The van der Waals surface area contributed by atoms with E-state index in [9.17, 15) is 0 Å². The third-order valence-electron chi connectivity index (χ3n) is 2.58. The van der Waals surface area contributed by atoms with Crippen LogP contribution in [0.2, 0.25) is 0 Å². The smallest absolute Gasteiger partial charge is 0.203 e. The molecular formula is C13H14BrN3OS. The van der Waals surface area contributed by atoms with Crippen molar-refractivity contribution < 1.29 is 4.74 Å². The van der Waals surface area contributed by atoms with Crippen LogP contribution in [0.4, 0.5) is 5.13 Å². The molecule has 2 aromatic rings. The van der Waals surface area contributed by atoms with Gasteiger partial charge in [-0.1, -0.05) is 15.9 Å². The number of nitrogens with zero attached hydrogens (tertiary/aromatic N) is 2. The number of hydrazone groups is 1. The van der Waals surface area contributed by atoms with Gasteiger partial charge in [0, 0.05) is 14.9 Å². The molecule has 100 valence electrons. The molecule has 0 amide bonds. The highest BCUT2D eigenvalue weighted by molar-refractivity contribution is 9.10. The highest BCUT2D eigenvalue weighted by atomic mass is 79.9. The number of rotatable bonds is 4. The molecule has 0 spiro atoms. The van der Waals surface area contributed by atoms with Gasteiger partial charge in [-0.3, -0.25) is 5.43 Å². The minimum Gasteiger partial charge on any atom is -0.496 e. The summed E-state index contributed by atoms with van der Waals surface area (Å²) in [4.78, 5) is 5.55. The Labute approximate surface area is 124 Å². The third-order valence-corrected chi connectivity index (χ3v) is 4.05. The quantitative estimate of drug-likeness (QED) is 0.677. The minimum atomic E-state index is 0.778. The number of ether oxygens (including phenoxy) is 1. The van der Waals surface area contributed by atoms with E-state index < -0.39 is 0 Å². The van der Waals surface area contributed by atoms with Gasteiger partial charge in [0.05, 0.1) is 19.0 Å². The van der Waals surface area contributed by atoms with Crippen LogP contribution in [-0.4, -0.2) is 18.3 Å². The Bertz CT molecular complexity index is 590. The lowest BCUT2D eigenvalue weighted by molar-refractivity contribution is 0.414. The zero-order valence-electron chi connectivity index (χ0n) is 10.9. The Morgan fingerprint density at radius 1 is 1.42 bits per heavy atom. The van der Waals surface area contributed by atoms with Crippen LogP contribution < -0.4 is 10.2 Å². The normalized spacial score (nSPS) is 10.9. The van der Waals surface area contributed by atoms with Gasteiger partial charge in [-0.15, -0.1) is 11.3 Å². The van der Waals surface area contributed by atoms with Crippen LogP contribution in [0.1, 0.15) is 16.1 Å². The van der Waals surface area contributed by atoms with Crippen molar-refractivity contribution in [2.24, 2.45) is 5.10 Å². The summed E-state index contributed by atoms with van der Waals surface area (Å²) in [5.41, 5.74) is 4.86. The van der Waals surface area contributed by atoms with Gasteiger partial charge in [0.15, 0.2) is 0 Å². The number of thiazole rings is 1. The number of aromatic nitrogens is 1. The summed E-state index contributed by atoms with van der Waals surface area (Å²) >= 11 is 5.01. The summed E-state index contributed by atoms with van der Waals surface area (Å²) in [7, 11) is 1.64. The lowest BCUT2D eigenvalue weighted by Crippen LogP contribution is -1.94. The lowest BCUT2D eigenvalue weighted by Gasteiger charge is -2.04. The Hall–Kier alpha value is -1.40. The number of methoxy groups -OCH3 is 1. The van der Waals surface area contributed by atoms with Crippen molar-refractivity contribution in [2.75, 3.05) is 12.5 Å². The van der Waals surface area contributed by atoms with Crippen LogP contribution in [0.5, 0.6) is 5.75 Å². The molecule has 6 heteroatoms. The Balaban J connectivity index is 2.12. The highest BCUT2D eigenvalue weighted by Crippen LogP contribution is 2.22. The second kappa shape index (κ2) is 6.16. The molecule has 0 fully saturated rings. The predicted molar refractivity (Wildman–Crippen MR) is 83.5 cm³/mol. The van der Waals surface area contributed by atoms with Crippen LogP contribution in [-0.2, 0) is 0 Å². The topological polar surface area (TPSA) is 46.5 Å². The van der Waals surface area contributed by atoms with Gasteiger partial charge in [-0.05, 0) is 32.0 Å². The molecule has 1 aromatic heterocycles. The maximum Gasteiger partial charge on any atom is 0.203 e. The molecule has 2 rings (SSSR count). The van der Waals surface area contributed by atoms with Crippen molar-refractivity contribution in [3.8, 4) is 5.75 Å². The van der Waals surface area contributed by atoms with E-state index in [1.165, 1.54) is 4.88 Å². The molecule has 0 saturated heterocycles. The van der Waals surface area contributed by atoms with Crippen molar-refractivity contribution in [1.82, 2.24) is 4.98 Å². The SMILES string of the molecule is COc1ccc(Br)cc1/C=N\Nc1nc(C)c(C)s1. The minimum absolute atomic E-state index is 0.778. The number of nitrogens with one attached hydrogen (secondary N) is 1. The summed E-state index contributed by atoms with van der Waals surface area (Å²) in [5.74, 6) is 0.778. The van der Waals surface area contributed by atoms with Crippen molar-refractivity contribution in [3.63, 3.8) is 0 Å². The first-order valence-corrected chi connectivity index (χ1v) is 7.27. The second-order valence-corrected chi connectivity index (χ2v) is 6.04. The summed E-state index contributed by atoms with van der Waals surface area (Å²) < 4.78 is 6.26. The maximum absolute atomic E-state index is 5.27. The number of anilines is 1. The number of benzene rings is 1. The lowest BCUT2D eigenvalue weighted by atomic mass is 10.2. The molecule has 0 unspecified atom stereocenters. The van der Waals surface area contributed by atoms with Crippen LogP contribution >= 0.6 is 27.3 Å². The average molecular weight is 340 g/mol. The fraction of sp³-hybridized carbons (Fsp3) is 0.231. The molecule has 19 heavy (non-hydrogen) atoms. The molecule has 4 nitrogen and oxygen atoms in total. The molecule has 0 aliphatic rings. The Morgan fingerprint density at radius 3 is 2.84 bits per heavy atom. The molecule has 1 N–H and O–H groups in total. The molecule has 0 bridgehead atoms. The number of hydrogen-bond donors (Lipinski definition) is 1. The predicted octanol–water partition coefficient (Wildman–Crippen LogP) is 3.98. The number of hydrogen-bond acceptors (Lipinski definition) is 5. The zero-order valence-corrected chi connectivity index (χ0v) is 13.3. The Kier molecular flexibility index (Phi) is 4.55. The van der Waals surface area contributed by atoms with Crippen LogP contribution in [0.25, 0.3) is 0 Å². The van der Waals surface area contributed by atoms with Crippen molar-refractivity contribution >= 4 is 38.6 Å². The van der Waals surface area contributed by atoms with Crippen molar-refractivity contribution in [1.29, 1.82) is 0 Å². The number of aryl methyl sites for hydroxylation is 2. The van der Waals surface area contributed by atoms with E-state index in [0.29, 0.717) is 0 Å². The van der Waals surface area contributed by atoms with Crippen LogP contribution in [0, 0.1) is 13.8 Å². The van der Waals surface area contributed by atoms with E-state index >= 15 is 0 Å². The van der Waals surface area contributed by atoms with E-state index in [2.05, 4.69) is 31.4 Å². The first-order valence-electron chi connectivity index (χ1n) is 5.67. The molecule has 0 atom stereocenters. The van der Waals surface area contributed by atoms with E-state index in [1.54, 1.807) is 24.7 Å². The number of halogens is 1. The largest absolute Gasteiger partial charge is 0.496 e. The van der Waals surface area contributed by atoms with Crippen LogP contribution in [0.15, 0.2) is 27.8 Å². The van der Waals surface area contributed by atoms with Gasteiger partial charge in [0.2, 0.25) is 5.13 Å². The fourth-order valence-electron chi connectivity index (χ4n) is 1.48. The first kappa shape index (κ1) is 14.0. The molecule has 0 aliphatic heterocycles.